The molecule has 0 N–H and O–H groups in total. The van der Waals surface area contributed by atoms with Gasteiger partial charge in [0.15, 0.2) is 6.61 Å². The van der Waals surface area contributed by atoms with E-state index in [1.165, 1.54) is 7.11 Å². The maximum atomic E-state index is 12.4. The fraction of sp³-hybridized carbons (Fsp3) is 0.300. The van der Waals surface area contributed by atoms with Crippen molar-refractivity contribution < 1.29 is 28.5 Å². The van der Waals surface area contributed by atoms with Gasteiger partial charge in [0.1, 0.15) is 18.1 Å². The zero-order valence-corrected chi connectivity index (χ0v) is 15.3. The number of fused-ring (bicyclic) bond motifs is 1. The topological polar surface area (TPSA) is 74.3 Å². The summed E-state index contributed by atoms with van der Waals surface area (Å²) in [6.45, 7) is 1.31. The number of ether oxygens (including phenoxy) is 4. The van der Waals surface area contributed by atoms with E-state index in [1.54, 1.807) is 30.2 Å². The van der Waals surface area contributed by atoms with Crippen molar-refractivity contribution in [2.75, 3.05) is 38.9 Å². The molecule has 3 rings (SSSR count). The normalized spacial score (nSPS) is 13.0. The molecule has 142 valence electrons. The van der Waals surface area contributed by atoms with E-state index in [0.29, 0.717) is 36.8 Å². The van der Waals surface area contributed by atoms with Crippen LogP contribution in [-0.4, -0.2) is 45.9 Å². The minimum atomic E-state index is -0.465. The third-order valence-corrected chi connectivity index (χ3v) is 4.14. The Balaban J connectivity index is 1.78. The lowest BCUT2D eigenvalue weighted by Gasteiger charge is -2.29. The van der Waals surface area contributed by atoms with Gasteiger partial charge < -0.3 is 23.8 Å². The first-order chi connectivity index (χ1) is 13.1. The molecule has 0 saturated carbocycles. The monoisotopic (exact) mass is 371 g/mol. The summed E-state index contributed by atoms with van der Waals surface area (Å²) >= 11 is 0. The molecule has 0 bridgehead atoms. The second-order valence-corrected chi connectivity index (χ2v) is 5.93. The van der Waals surface area contributed by atoms with Crippen molar-refractivity contribution in [2.24, 2.45) is 0 Å². The Hall–Kier alpha value is -3.06. The van der Waals surface area contributed by atoms with Crippen molar-refractivity contribution in [3.63, 3.8) is 0 Å². The molecule has 2 aromatic carbocycles. The Bertz CT molecular complexity index is 818. The quantitative estimate of drug-likeness (QED) is 0.550. The molecule has 0 fully saturated rings. The van der Waals surface area contributed by atoms with Crippen molar-refractivity contribution in [2.45, 2.75) is 6.54 Å². The number of nitrogens with zero attached hydrogens (tertiary/aromatic N) is 1. The van der Waals surface area contributed by atoms with Crippen molar-refractivity contribution in [3.05, 3.63) is 53.6 Å². The minimum absolute atomic E-state index is 0.0389. The first-order valence-electron chi connectivity index (χ1n) is 8.48. The summed E-state index contributed by atoms with van der Waals surface area (Å²) in [5, 5.41) is 0. The molecule has 1 amide bonds. The SMILES string of the molecule is COCCOc1ccc(CN2C(=O)COc3ccc(C(=O)OC)cc32)cc1. The molecule has 0 atom stereocenters. The van der Waals surface area contributed by atoms with Crippen molar-refractivity contribution >= 4 is 17.6 Å². The zero-order valence-electron chi connectivity index (χ0n) is 15.3. The van der Waals surface area contributed by atoms with E-state index in [4.69, 9.17) is 18.9 Å². The third kappa shape index (κ3) is 4.38. The number of benzene rings is 2. The molecule has 0 aliphatic carbocycles. The number of carbonyl (C=O) groups excluding carboxylic acids is 2. The van der Waals surface area contributed by atoms with Gasteiger partial charge in [0.05, 0.1) is 31.5 Å². The molecule has 0 spiro atoms. The highest BCUT2D eigenvalue weighted by Crippen LogP contribution is 2.34. The zero-order chi connectivity index (χ0) is 19.2. The Morgan fingerprint density at radius 2 is 1.89 bits per heavy atom. The molecule has 2 aromatic rings. The second kappa shape index (κ2) is 8.55. The van der Waals surface area contributed by atoms with Gasteiger partial charge in [-0.05, 0) is 35.9 Å². The van der Waals surface area contributed by atoms with Gasteiger partial charge in [-0.1, -0.05) is 12.1 Å². The van der Waals surface area contributed by atoms with Gasteiger partial charge in [-0.15, -0.1) is 0 Å². The van der Waals surface area contributed by atoms with Crippen LogP contribution in [0.1, 0.15) is 15.9 Å². The van der Waals surface area contributed by atoms with Crippen LogP contribution in [0.2, 0.25) is 0 Å². The predicted octanol–water partition coefficient (Wildman–Crippen LogP) is 2.42. The standard InChI is InChI=1S/C20H21NO6/c1-24-9-10-26-16-6-3-14(4-7-16)12-21-17-11-15(20(23)25-2)5-8-18(17)27-13-19(21)22/h3-8,11H,9-10,12-13H2,1-2H3. The summed E-state index contributed by atoms with van der Waals surface area (Å²) in [5.41, 5.74) is 1.84. The minimum Gasteiger partial charge on any atom is -0.491 e. The van der Waals surface area contributed by atoms with Crippen LogP contribution < -0.4 is 14.4 Å². The molecule has 0 radical (unpaired) electrons. The maximum Gasteiger partial charge on any atom is 0.337 e. The summed E-state index contributed by atoms with van der Waals surface area (Å²) in [6, 6.07) is 12.4. The average Bonchev–Trinajstić information content (AvgIpc) is 2.70. The Morgan fingerprint density at radius 3 is 2.59 bits per heavy atom. The van der Waals surface area contributed by atoms with Crippen LogP contribution in [0.15, 0.2) is 42.5 Å². The van der Waals surface area contributed by atoms with E-state index >= 15 is 0 Å². The first kappa shape index (κ1) is 18.7. The summed E-state index contributed by atoms with van der Waals surface area (Å²) in [6.07, 6.45) is 0. The Kier molecular flexibility index (Phi) is 5.93. The number of hydrogen-bond donors (Lipinski definition) is 0. The molecule has 7 heteroatoms. The van der Waals surface area contributed by atoms with E-state index in [-0.39, 0.29) is 12.5 Å². The van der Waals surface area contributed by atoms with Crippen LogP contribution in [0.25, 0.3) is 0 Å². The summed E-state index contributed by atoms with van der Waals surface area (Å²) in [7, 11) is 2.94. The number of rotatable bonds is 7. The smallest absolute Gasteiger partial charge is 0.337 e. The number of amides is 1. The number of hydrogen-bond acceptors (Lipinski definition) is 6. The van der Waals surface area contributed by atoms with Gasteiger partial charge in [0.25, 0.3) is 5.91 Å². The molecule has 27 heavy (non-hydrogen) atoms. The van der Waals surface area contributed by atoms with Gasteiger partial charge >= 0.3 is 5.97 Å². The lowest BCUT2D eigenvalue weighted by atomic mass is 10.1. The maximum absolute atomic E-state index is 12.4. The van der Waals surface area contributed by atoms with Crippen LogP contribution in [-0.2, 0) is 20.8 Å². The summed E-state index contributed by atoms with van der Waals surface area (Å²) in [5.74, 6) is 0.650. The van der Waals surface area contributed by atoms with Crippen molar-refractivity contribution in [1.82, 2.24) is 0 Å². The van der Waals surface area contributed by atoms with Crippen molar-refractivity contribution in [1.29, 1.82) is 0 Å². The van der Waals surface area contributed by atoms with Gasteiger partial charge in [-0.2, -0.15) is 0 Å². The average molecular weight is 371 g/mol. The molecular formula is C20H21NO6. The van der Waals surface area contributed by atoms with E-state index in [1.807, 2.05) is 24.3 Å². The summed E-state index contributed by atoms with van der Waals surface area (Å²) in [4.78, 5) is 25.8. The van der Waals surface area contributed by atoms with Crippen LogP contribution in [0.4, 0.5) is 5.69 Å². The second-order valence-electron chi connectivity index (χ2n) is 5.93. The fourth-order valence-electron chi connectivity index (χ4n) is 2.74. The molecule has 1 aliphatic heterocycles. The highest BCUT2D eigenvalue weighted by Gasteiger charge is 2.26. The van der Waals surface area contributed by atoms with E-state index in [0.717, 1.165) is 11.3 Å². The van der Waals surface area contributed by atoms with Crippen LogP contribution in [0, 0.1) is 0 Å². The van der Waals surface area contributed by atoms with Gasteiger partial charge in [-0.25, -0.2) is 4.79 Å². The van der Waals surface area contributed by atoms with Gasteiger partial charge in [-0.3, -0.25) is 4.79 Å². The molecule has 0 aromatic heterocycles. The van der Waals surface area contributed by atoms with E-state index in [9.17, 15) is 9.59 Å². The Labute approximate surface area is 157 Å². The highest BCUT2D eigenvalue weighted by molar-refractivity contribution is 6.00. The molecule has 0 saturated heterocycles. The summed E-state index contributed by atoms with van der Waals surface area (Å²) < 4.78 is 20.7. The number of esters is 1. The number of anilines is 1. The molecule has 1 aliphatic rings. The van der Waals surface area contributed by atoms with Gasteiger partial charge in [0.2, 0.25) is 0 Å². The van der Waals surface area contributed by atoms with Crippen LogP contribution in [0.5, 0.6) is 11.5 Å². The lowest BCUT2D eigenvalue weighted by molar-refractivity contribution is -0.121. The first-order valence-corrected chi connectivity index (χ1v) is 8.48. The number of carbonyl (C=O) groups is 2. The van der Waals surface area contributed by atoms with Crippen LogP contribution >= 0.6 is 0 Å². The molecule has 7 nitrogen and oxygen atoms in total. The molecule has 1 heterocycles. The number of methoxy groups -OCH3 is 2. The molecule has 0 unspecified atom stereocenters. The van der Waals surface area contributed by atoms with E-state index < -0.39 is 5.97 Å². The fourth-order valence-corrected chi connectivity index (χ4v) is 2.74. The van der Waals surface area contributed by atoms with E-state index in [2.05, 4.69) is 0 Å². The molecular weight excluding hydrogens is 350 g/mol. The Morgan fingerprint density at radius 1 is 1.11 bits per heavy atom. The predicted molar refractivity (Wildman–Crippen MR) is 98.3 cm³/mol. The van der Waals surface area contributed by atoms with Crippen molar-refractivity contribution in [3.8, 4) is 11.5 Å². The third-order valence-electron chi connectivity index (χ3n) is 4.14. The largest absolute Gasteiger partial charge is 0.491 e. The lowest BCUT2D eigenvalue weighted by Crippen LogP contribution is -2.38. The highest BCUT2D eigenvalue weighted by atomic mass is 16.5. The van der Waals surface area contributed by atoms with Gasteiger partial charge in [0, 0.05) is 7.11 Å². The van der Waals surface area contributed by atoms with Crippen LogP contribution in [0.3, 0.4) is 0 Å².